The number of H-pyrrole nitrogens is 1. The van der Waals surface area contributed by atoms with Crippen LogP contribution in [0.15, 0.2) is 54.7 Å². The van der Waals surface area contributed by atoms with E-state index in [1.165, 1.54) is 0 Å². The third kappa shape index (κ3) is 5.91. The van der Waals surface area contributed by atoms with E-state index in [2.05, 4.69) is 22.9 Å². The molecule has 1 unspecified atom stereocenters. The molecule has 1 amide bonds. The molecule has 2 aromatic carbocycles. The predicted octanol–water partition coefficient (Wildman–Crippen LogP) is 4.71. The number of amides is 1. The molecule has 3 atom stereocenters. The lowest BCUT2D eigenvalue weighted by Crippen LogP contribution is -2.48. The van der Waals surface area contributed by atoms with Gasteiger partial charge in [-0.05, 0) is 42.2 Å². The fourth-order valence-corrected chi connectivity index (χ4v) is 3.68. The number of hydrogen-bond donors (Lipinski definition) is 3. The van der Waals surface area contributed by atoms with Gasteiger partial charge in [-0.1, -0.05) is 50.6 Å². The molecule has 1 aromatic heterocycles. The molecule has 2 N–H and O–H groups in total. The summed E-state index contributed by atoms with van der Waals surface area (Å²) in [5.41, 5.74) is 2.90. The largest absolute Gasteiger partial charge is 0.489 e. The highest BCUT2D eigenvalue weighted by molar-refractivity contribution is 7.81. The Hall–Kier alpha value is -2.73. The van der Waals surface area contributed by atoms with Crippen molar-refractivity contribution in [3.63, 3.8) is 0 Å². The number of aromatic amines is 1. The third-order valence-corrected chi connectivity index (χ3v) is 5.84. The summed E-state index contributed by atoms with van der Waals surface area (Å²) < 4.78 is 5.93. The molecule has 0 aliphatic heterocycles. The Kier molecular flexibility index (Phi) is 7.80. The molecule has 0 saturated heterocycles. The number of hydrogen-bond acceptors (Lipinski definition) is 4. The maximum atomic E-state index is 12.8. The Balaban J connectivity index is 1.71. The normalized spacial score (nSPS) is 14.1. The van der Waals surface area contributed by atoms with Gasteiger partial charge < -0.3 is 15.0 Å². The maximum absolute atomic E-state index is 12.8. The molecule has 0 radical (unpaired) electrons. The van der Waals surface area contributed by atoms with Crippen molar-refractivity contribution >= 4 is 35.2 Å². The molecular weight excluding hydrogens is 408 g/mol. The van der Waals surface area contributed by atoms with Crippen LogP contribution in [0, 0.1) is 5.92 Å². The SMILES string of the molecule is CC[C@H](C)[C@H](NC(=O)Cc1c[nH]c2ccc(OCc3ccccc3)cc12)C(=O)C(C)S. The lowest BCUT2D eigenvalue weighted by molar-refractivity contribution is -0.128. The summed E-state index contributed by atoms with van der Waals surface area (Å²) in [7, 11) is 0. The fraction of sp³-hybridized carbons (Fsp3) is 0.360. The number of fused-ring (bicyclic) bond motifs is 1. The monoisotopic (exact) mass is 438 g/mol. The Morgan fingerprint density at radius 2 is 1.87 bits per heavy atom. The second-order valence-corrected chi connectivity index (χ2v) is 8.76. The van der Waals surface area contributed by atoms with Gasteiger partial charge in [0.25, 0.3) is 0 Å². The second kappa shape index (κ2) is 10.5. The second-order valence-electron chi connectivity index (χ2n) is 7.98. The number of carbonyl (C=O) groups excluding carboxylic acids is 2. The van der Waals surface area contributed by atoms with Crippen molar-refractivity contribution in [2.75, 3.05) is 0 Å². The molecule has 3 rings (SSSR count). The van der Waals surface area contributed by atoms with E-state index < -0.39 is 11.3 Å². The van der Waals surface area contributed by atoms with Crippen molar-refractivity contribution in [3.8, 4) is 5.75 Å². The number of Topliss-reactive ketones (excluding diaryl/α,β-unsaturated/α-hetero) is 1. The van der Waals surface area contributed by atoms with Crippen molar-refractivity contribution < 1.29 is 14.3 Å². The summed E-state index contributed by atoms with van der Waals surface area (Å²) in [6.45, 7) is 6.20. The van der Waals surface area contributed by atoms with E-state index >= 15 is 0 Å². The molecule has 0 aliphatic carbocycles. The van der Waals surface area contributed by atoms with E-state index in [1.807, 2.05) is 68.6 Å². The van der Waals surface area contributed by atoms with E-state index in [-0.39, 0.29) is 24.0 Å². The van der Waals surface area contributed by atoms with Gasteiger partial charge in [-0.2, -0.15) is 12.6 Å². The topological polar surface area (TPSA) is 71.2 Å². The number of carbonyl (C=O) groups is 2. The van der Waals surface area contributed by atoms with Crippen molar-refractivity contribution in [3.05, 3.63) is 65.9 Å². The summed E-state index contributed by atoms with van der Waals surface area (Å²) in [6.07, 6.45) is 2.82. The Morgan fingerprint density at radius 1 is 1.13 bits per heavy atom. The minimum absolute atomic E-state index is 0.0482. The first-order valence-electron chi connectivity index (χ1n) is 10.7. The van der Waals surface area contributed by atoms with Crippen molar-refractivity contribution in [1.29, 1.82) is 0 Å². The summed E-state index contributed by atoms with van der Waals surface area (Å²) in [4.78, 5) is 28.5. The van der Waals surface area contributed by atoms with Gasteiger partial charge in [-0.15, -0.1) is 0 Å². The number of ether oxygens (including phenoxy) is 1. The smallest absolute Gasteiger partial charge is 0.225 e. The number of rotatable bonds is 10. The number of nitrogens with one attached hydrogen (secondary N) is 2. The molecule has 0 fully saturated rings. The zero-order valence-corrected chi connectivity index (χ0v) is 19.1. The van der Waals surface area contributed by atoms with E-state index in [1.54, 1.807) is 6.92 Å². The van der Waals surface area contributed by atoms with Crippen LogP contribution in [0.25, 0.3) is 10.9 Å². The van der Waals surface area contributed by atoms with E-state index in [0.717, 1.165) is 34.2 Å². The molecule has 1 heterocycles. The van der Waals surface area contributed by atoms with Crippen LogP contribution in [-0.2, 0) is 22.6 Å². The number of ketones is 1. The molecule has 5 nitrogen and oxygen atoms in total. The minimum Gasteiger partial charge on any atom is -0.489 e. The summed E-state index contributed by atoms with van der Waals surface area (Å²) >= 11 is 4.26. The van der Waals surface area contributed by atoms with Crippen molar-refractivity contribution in [1.82, 2.24) is 10.3 Å². The van der Waals surface area contributed by atoms with Crippen LogP contribution in [-0.4, -0.2) is 28.0 Å². The van der Waals surface area contributed by atoms with Crippen LogP contribution in [0.4, 0.5) is 0 Å². The Labute approximate surface area is 189 Å². The van der Waals surface area contributed by atoms with Gasteiger partial charge in [0.1, 0.15) is 12.4 Å². The first-order chi connectivity index (χ1) is 14.9. The van der Waals surface area contributed by atoms with Crippen LogP contribution in [0.1, 0.15) is 38.3 Å². The van der Waals surface area contributed by atoms with Gasteiger partial charge >= 0.3 is 0 Å². The Morgan fingerprint density at radius 3 is 2.55 bits per heavy atom. The van der Waals surface area contributed by atoms with E-state index in [9.17, 15) is 9.59 Å². The fourth-order valence-electron chi connectivity index (χ4n) is 3.52. The van der Waals surface area contributed by atoms with Gasteiger partial charge in [0.15, 0.2) is 5.78 Å². The molecule has 164 valence electrons. The van der Waals surface area contributed by atoms with Crippen molar-refractivity contribution in [2.45, 2.75) is 51.5 Å². The molecule has 3 aromatic rings. The van der Waals surface area contributed by atoms with E-state index in [0.29, 0.717) is 6.61 Å². The number of aromatic nitrogens is 1. The molecule has 0 saturated carbocycles. The highest BCUT2D eigenvalue weighted by Crippen LogP contribution is 2.25. The zero-order valence-electron chi connectivity index (χ0n) is 18.2. The van der Waals surface area contributed by atoms with Gasteiger partial charge in [-0.25, -0.2) is 0 Å². The van der Waals surface area contributed by atoms with Crippen molar-refractivity contribution in [2.24, 2.45) is 5.92 Å². The summed E-state index contributed by atoms with van der Waals surface area (Å²) in [5.74, 6) is 0.562. The zero-order chi connectivity index (χ0) is 22.4. The van der Waals surface area contributed by atoms with E-state index in [4.69, 9.17) is 4.74 Å². The highest BCUT2D eigenvalue weighted by Gasteiger charge is 2.28. The van der Waals surface area contributed by atoms with Crippen LogP contribution in [0.5, 0.6) is 5.75 Å². The predicted molar refractivity (Wildman–Crippen MR) is 128 cm³/mol. The van der Waals surface area contributed by atoms with Crippen LogP contribution < -0.4 is 10.1 Å². The van der Waals surface area contributed by atoms with Gasteiger partial charge in [0.05, 0.1) is 17.7 Å². The standard InChI is InChI=1S/C25H30N2O3S/c1-4-16(2)24(25(29)17(3)31)27-23(28)12-19-14-26-22-11-10-20(13-21(19)22)30-15-18-8-6-5-7-9-18/h5-11,13-14,16-17,24,26,31H,4,12,15H2,1-3H3,(H,27,28)/t16-,17?,24-/m0/s1. The van der Waals surface area contributed by atoms with Gasteiger partial charge in [0.2, 0.25) is 5.91 Å². The lowest BCUT2D eigenvalue weighted by Gasteiger charge is -2.24. The van der Waals surface area contributed by atoms with Gasteiger partial charge in [-0.3, -0.25) is 9.59 Å². The third-order valence-electron chi connectivity index (χ3n) is 5.59. The Bertz CT molecular complexity index is 1030. The van der Waals surface area contributed by atoms with Gasteiger partial charge in [0, 0.05) is 17.1 Å². The summed E-state index contributed by atoms with van der Waals surface area (Å²) in [6, 6.07) is 15.3. The highest BCUT2D eigenvalue weighted by atomic mass is 32.1. The molecule has 0 bridgehead atoms. The van der Waals surface area contributed by atoms with Crippen LogP contribution >= 0.6 is 12.6 Å². The average Bonchev–Trinajstić information content (AvgIpc) is 3.17. The first-order valence-corrected chi connectivity index (χ1v) is 11.2. The summed E-state index contributed by atoms with van der Waals surface area (Å²) in [5, 5.41) is 3.45. The first kappa shape index (κ1) is 22.9. The molecule has 0 spiro atoms. The molecular formula is C25H30N2O3S. The molecule has 0 aliphatic rings. The number of benzene rings is 2. The molecule has 31 heavy (non-hydrogen) atoms. The lowest BCUT2D eigenvalue weighted by atomic mass is 9.93. The average molecular weight is 439 g/mol. The van der Waals surface area contributed by atoms with Crippen LogP contribution in [0.3, 0.4) is 0 Å². The minimum atomic E-state index is -0.528. The quantitative estimate of drug-likeness (QED) is 0.402. The van der Waals surface area contributed by atoms with Crippen LogP contribution in [0.2, 0.25) is 0 Å². The maximum Gasteiger partial charge on any atom is 0.225 e. The number of thiol groups is 1. The molecule has 6 heteroatoms.